The highest BCUT2D eigenvalue weighted by Crippen LogP contribution is 2.50. The number of carboxylic acid groups (broad SMARTS) is 1. The largest absolute Gasteiger partial charge is 0.480 e. The standard InChI is InChI=1S/C13H16O2S/c1-9-3-5-11(6-4-9)16-13(12(14)15)7-10(2)8-13/h3-6,10H,7-8H2,1-2H3,(H,14,15). The van der Waals surface area contributed by atoms with Gasteiger partial charge in [0.2, 0.25) is 0 Å². The summed E-state index contributed by atoms with van der Waals surface area (Å²) in [6, 6.07) is 8.07. The summed E-state index contributed by atoms with van der Waals surface area (Å²) in [6.45, 7) is 4.14. The normalized spacial score (nSPS) is 28.5. The molecule has 2 rings (SSSR count). The van der Waals surface area contributed by atoms with E-state index in [9.17, 15) is 9.90 Å². The molecule has 1 fully saturated rings. The first-order valence-electron chi connectivity index (χ1n) is 5.51. The smallest absolute Gasteiger partial charge is 0.320 e. The second-order valence-electron chi connectivity index (χ2n) is 4.73. The van der Waals surface area contributed by atoms with Gasteiger partial charge in [0, 0.05) is 4.90 Å². The zero-order chi connectivity index (χ0) is 11.8. The Morgan fingerprint density at radius 2 is 1.94 bits per heavy atom. The van der Waals surface area contributed by atoms with Crippen LogP contribution in [0.25, 0.3) is 0 Å². The van der Waals surface area contributed by atoms with E-state index in [-0.39, 0.29) is 0 Å². The van der Waals surface area contributed by atoms with E-state index in [2.05, 4.69) is 6.92 Å². The van der Waals surface area contributed by atoms with Crippen LogP contribution in [0.5, 0.6) is 0 Å². The van der Waals surface area contributed by atoms with Crippen LogP contribution in [0.15, 0.2) is 29.2 Å². The lowest BCUT2D eigenvalue weighted by atomic mass is 9.75. The second kappa shape index (κ2) is 4.13. The van der Waals surface area contributed by atoms with Crippen molar-refractivity contribution in [1.82, 2.24) is 0 Å². The van der Waals surface area contributed by atoms with E-state index in [4.69, 9.17) is 0 Å². The molecule has 1 saturated carbocycles. The summed E-state index contributed by atoms with van der Waals surface area (Å²) in [7, 11) is 0. The molecule has 1 aliphatic rings. The molecule has 0 radical (unpaired) electrons. The maximum atomic E-state index is 11.3. The molecule has 1 N–H and O–H groups in total. The maximum absolute atomic E-state index is 11.3. The van der Waals surface area contributed by atoms with Crippen molar-refractivity contribution in [1.29, 1.82) is 0 Å². The lowest BCUT2D eigenvalue weighted by molar-refractivity contribution is -0.143. The maximum Gasteiger partial charge on any atom is 0.320 e. The third-order valence-corrected chi connectivity index (χ3v) is 4.49. The van der Waals surface area contributed by atoms with Gasteiger partial charge in [-0.1, -0.05) is 24.6 Å². The zero-order valence-electron chi connectivity index (χ0n) is 9.56. The lowest BCUT2D eigenvalue weighted by Gasteiger charge is -2.42. The highest BCUT2D eigenvalue weighted by molar-refractivity contribution is 8.01. The van der Waals surface area contributed by atoms with E-state index < -0.39 is 10.7 Å². The van der Waals surface area contributed by atoms with Gasteiger partial charge in [0.05, 0.1) is 0 Å². The first kappa shape index (κ1) is 11.5. The molecular weight excluding hydrogens is 220 g/mol. The number of hydrogen-bond donors (Lipinski definition) is 1. The van der Waals surface area contributed by atoms with Crippen LogP contribution in [-0.4, -0.2) is 15.8 Å². The Balaban J connectivity index is 2.13. The minimum absolute atomic E-state index is 0.536. The number of rotatable bonds is 3. The van der Waals surface area contributed by atoms with Crippen LogP contribution in [0.2, 0.25) is 0 Å². The molecule has 16 heavy (non-hydrogen) atoms. The van der Waals surface area contributed by atoms with Crippen LogP contribution >= 0.6 is 11.8 Å². The molecule has 0 unspecified atom stereocenters. The van der Waals surface area contributed by atoms with E-state index in [1.165, 1.54) is 17.3 Å². The summed E-state index contributed by atoms with van der Waals surface area (Å²) >= 11 is 1.50. The third-order valence-electron chi connectivity index (χ3n) is 3.08. The average Bonchev–Trinajstić information content (AvgIpc) is 2.18. The van der Waals surface area contributed by atoms with Gasteiger partial charge in [0.1, 0.15) is 4.75 Å². The van der Waals surface area contributed by atoms with E-state index >= 15 is 0 Å². The SMILES string of the molecule is Cc1ccc(SC2(C(=O)O)CC(C)C2)cc1. The molecule has 1 aromatic carbocycles. The Kier molecular flexibility index (Phi) is 2.98. The van der Waals surface area contributed by atoms with E-state index in [0.29, 0.717) is 5.92 Å². The first-order valence-corrected chi connectivity index (χ1v) is 6.32. The number of benzene rings is 1. The molecule has 0 bridgehead atoms. The Bertz CT molecular complexity index is 391. The Morgan fingerprint density at radius 3 is 2.38 bits per heavy atom. The molecule has 1 aromatic rings. The molecular formula is C13H16O2S. The van der Waals surface area contributed by atoms with Crippen molar-refractivity contribution in [2.45, 2.75) is 36.3 Å². The van der Waals surface area contributed by atoms with Gasteiger partial charge in [-0.05, 0) is 37.8 Å². The summed E-state index contributed by atoms with van der Waals surface area (Å²) < 4.78 is -0.575. The predicted octanol–water partition coefficient (Wildman–Crippen LogP) is 3.34. The van der Waals surface area contributed by atoms with Crippen LogP contribution < -0.4 is 0 Å². The van der Waals surface area contributed by atoms with Gasteiger partial charge in [-0.3, -0.25) is 4.79 Å². The van der Waals surface area contributed by atoms with Gasteiger partial charge in [0.15, 0.2) is 0 Å². The number of hydrogen-bond acceptors (Lipinski definition) is 2. The molecule has 2 nitrogen and oxygen atoms in total. The molecule has 0 aliphatic heterocycles. The van der Waals surface area contributed by atoms with E-state index in [0.717, 1.165) is 17.7 Å². The fourth-order valence-electron chi connectivity index (χ4n) is 2.20. The highest BCUT2D eigenvalue weighted by atomic mass is 32.2. The zero-order valence-corrected chi connectivity index (χ0v) is 10.4. The number of carboxylic acids is 1. The molecule has 86 valence electrons. The van der Waals surface area contributed by atoms with Gasteiger partial charge in [-0.25, -0.2) is 0 Å². The van der Waals surface area contributed by atoms with Crippen molar-refractivity contribution in [3.8, 4) is 0 Å². The summed E-state index contributed by atoms with van der Waals surface area (Å²) in [5.74, 6) is -0.134. The Morgan fingerprint density at radius 1 is 1.38 bits per heavy atom. The van der Waals surface area contributed by atoms with Crippen LogP contribution in [0, 0.1) is 12.8 Å². The molecule has 0 saturated heterocycles. The third kappa shape index (κ3) is 2.09. The quantitative estimate of drug-likeness (QED) is 0.874. The average molecular weight is 236 g/mol. The van der Waals surface area contributed by atoms with Crippen molar-refractivity contribution in [2.24, 2.45) is 5.92 Å². The van der Waals surface area contributed by atoms with Crippen LogP contribution in [0.1, 0.15) is 25.3 Å². The fourth-order valence-corrected chi connectivity index (χ4v) is 3.75. The van der Waals surface area contributed by atoms with Crippen molar-refractivity contribution < 1.29 is 9.90 Å². The van der Waals surface area contributed by atoms with Gasteiger partial charge in [0.25, 0.3) is 0 Å². The minimum Gasteiger partial charge on any atom is -0.480 e. The Labute approximate surface area is 100 Å². The molecule has 0 amide bonds. The number of aryl methyl sites for hydroxylation is 1. The molecule has 0 heterocycles. The topological polar surface area (TPSA) is 37.3 Å². The van der Waals surface area contributed by atoms with Gasteiger partial charge in [-0.15, -0.1) is 11.8 Å². The minimum atomic E-state index is -0.670. The summed E-state index contributed by atoms with van der Waals surface area (Å²) in [4.78, 5) is 12.4. The molecule has 1 aliphatic carbocycles. The number of carbonyl (C=O) groups is 1. The Hall–Kier alpha value is -0.960. The monoisotopic (exact) mass is 236 g/mol. The lowest BCUT2D eigenvalue weighted by Crippen LogP contribution is -2.46. The molecule has 0 aromatic heterocycles. The predicted molar refractivity (Wildman–Crippen MR) is 65.8 cm³/mol. The van der Waals surface area contributed by atoms with Crippen molar-refractivity contribution in [3.05, 3.63) is 29.8 Å². The van der Waals surface area contributed by atoms with E-state index in [1.807, 2.05) is 31.2 Å². The summed E-state index contributed by atoms with van der Waals surface area (Å²) in [6.07, 6.45) is 1.56. The molecule has 3 heteroatoms. The van der Waals surface area contributed by atoms with Gasteiger partial charge >= 0.3 is 5.97 Å². The highest BCUT2D eigenvalue weighted by Gasteiger charge is 2.49. The summed E-state index contributed by atoms with van der Waals surface area (Å²) in [5, 5.41) is 9.30. The number of thioether (sulfide) groups is 1. The fraction of sp³-hybridized carbons (Fsp3) is 0.462. The van der Waals surface area contributed by atoms with Crippen molar-refractivity contribution in [3.63, 3.8) is 0 Å². The van der Waals surface area contributed by atoms with Gasteiger partial charge in [-0.2, -0.15) is 0 Å². The van der Waals surface area contributed by atoms with Crippen LogP contribution in [-0.2, 0) is 4.79 Å². The second-order valence-corrected chi connectivity index (χ2v) is 6.18. The van der Waals surface area contributed by atoms with Gasteiger partial charge < -0.3 is 5.11 Å². The number of aliphatic carboxylic acids is 1. The molecule has 0 spiro atoms. The van der Waals surface area contributed by atoms with Crippen molar-refractivity contribution in [2.75, 3.05) is 0 Å². The van der Waals surface area contributed by atoms with Crippen LogP contribution in [0.4, 0.5) is 0 Å². The van der Waals surface area contributed by atoms with Crippen molar-refractivity contribution >= 4 is 17.7 Å². The van der Waals surface area contributed by atoms with E-state index in [1.54, 1.807) is 0 Å². The molecule has 0 atom stereocenters. The summed E-state index contributed by atoms with van der Waals surface area (Å²) in [5.41, 5.74) is 1.20. The van der Waals surface area contributed by atoms with Crippen LogP contribution in [0.3, 0.4) is 0 Å². The first-order chi connectivity index (χ1) is 7.52.